The first-order valence-electron chi connectivity index (χ1n) is 21.0. The highest BCUT2D eigenvalue weighted by molar-refractivity contribution is 5.84. The number of hydrogen-bond donors (Lipinski definition) is 4. The summed E-state index contributed by atoms with van der Waals surface area (Å²) >= 11 is 0. The zero-order valence-corrected chi connectivity index (χ0v) is 34.9. The zero-order valence-electron chi connectivity index (χ0n) is 34.9. The number of fused-ring (bicyclic) bond motifs is 4. The number of aromatic hydroxyl groups is 2. The highest BCUT2D eigenvalue weighted by atomic mass is 16.3. The Hall–Kier alpha value is -6.22. The Kier molecular flexibility index (Phi) is 12.8. The second-order valence-corrected chi connectivity index (χ2v) is 15.5. The van der Waals surface area contributed by atoms with Crippen molar-refractivity contribution in [1.29, 1.82) is 0 Å². The maximum absolute atomic E-state index is 11.8. The summed E-state index contributed by atoms with van der Waals surface area (Å²) in [7, 11) is 0. The molecule has 2 atom stereocenters. The van der Waals surface area contributed by atoms with Crippen LogP contribution in [0.2, 0.25) is 0 Å². The van der Waals surface area contributed by atoms with Gasteiger partial charge >= 0.3 is 0 Å². The number of aliphatic hydroxyl groups excluding tert-OH is 2. The summed E-state index contributed by atoms with van der Waals surface area (Å²) in [6, 6.07) is 35.9. The van der Waals surface area contributed by atoms with E-state index in [4.69, 9.17) is 0 Å². The van der Waals surface area contributed by atoms with Gasteiger partial charge in [-0.25, -0.2) is 0 Å². The van der Waals surface area contributed by atoms with E-state index in [1.807, 2.05) is 54.6 Å². The Labute approximate surface area is 353 Å². The maximum Gasteiger partial charge on any atom is 0.154 e. The molecule has 6 aromatic carbocycles. The highest BCUT2D eigenvalue weighted by Crippen LogP contribution is 2.46. The Bertz CT molecular complexity index is 2460. The van der Waals surface area contributed by atoms with Crippen molar-refractivity contribution in [2.45, 2.75) is 65.6 Å². The van der Waals surface area contributed by atoms with Gasteiger partial charge in [0.2, 0.25) is 0 Å². The molecule has 8 rings (SSSR count). The number of phenols is 2. The molecular weight excluding hydrogens is 749 g/mol. The van der Waals surface area contributed by atoms with Crippen LogP contribution in [0.5, 0.6) is 11.5 Å². The molecule has 2 aliphatic rings. The first kappa shape index (κ1) is 41.9. The molecule has 6 aromatic rings. The van der Waals surface area contributed by atoms with Gasteiger partial charge in [0.05, 0.1) is 24.3 Å². The van der Waals surface area contributed by atoms with Gasteiger partial charge in [0.15, 0.2) is 12.6 Å². The number of phenolic OH excluding ortho intramolecular Hbond substituents is 2. The number of rotatable bonds is 12. The molecule has 0 fully saturated rings. The van der Waals surface area contributed by atoms with E-state index in [2.05, 4.69) is 73.9 Å². The first-order valence-corrected chi connectivity index (χ1v) is 21.0. The van der Waals surface area contributed by atoms with Crippen LogP contribution < -0.4 is 9.80 Å². The molecule has 0 bridgehead atoms. The van der Waals surface area contributed by atoms with E-state index in [0.29, 0.717) is 30.3 Å². The molecule has 4 N–H and O–H groups in total. The van der Waals surface area contributed by atoms with Crippen molar-refractivity contribution < 1.29 is 30.0 Å². The molecule has 0 aliphatic heterocycles. The number of hydrogen-bond acceptors (Lipinski definition) is 8. The van der Waals surface area contributed by atoms with E-state index in [1.54, 1.807) is 18.2 Å². The molecule has 8 nitrogen and oxygen atoms in total. The molecule has 60 heavy (non-hydrogen) atoms. The van der Waals surface area contributed by atoms with Crippen molar-refractivity contribution in [2.75, 3.05) is 36.0 Å². The molecule has 0 radical (unpaired) electrons. The maximum atomic E-state index is 11.8. The van der Waals surface area contributed by atoms with Gasteiger partial charge in [-0.15, -0.1) is 0 Å². The van der Waals surface area contributed by atoms with Crippen LogP contribution in [0.3, 0.4) is 0 Å². The van der Waals surface area contributed by atoms with E-state index in [1.165, 1.54) is 22.4 Å². The molecule has 0 spiro atoms. The fourth-order valence-electron chi connectivity index (χ4n) is 9.40. The lowest BCUT2D eigenvalue weighted by Gasteiger charge is -2.32. The van der Waals surface area contributed by atoms with Crippen LogP contribution in [0, 0.1) is 0 Å². The highest BCUT2D eigenvalue weighted by Gasteiger charge is 2.32. The minimum absolute atomic E-state index is 0.0151. The van der Waals surface area contributed by atoms with Crippen molar-refractivity contribution in [3.05, 3.63) is 187 Å². The van der Waals surface area contributed by atoms with Gasteiger partial charge in [0.25, 0.3) is 0 Å². The topological polar surface area (TPSA) is 122 Å². The average molecular weight is 803 g/mol. The number of benzene rings is 6. The molecule has 308 valence electrons. The molecule has 0 amide bonds. The van der Waals surface area contributed by atoms with Gasteiger partial charge in [-0.1, -0.05) is 66.7 Å². The third-order valence-corrected chi connectivity index (χ3v) is 12.5. The summed E-state index contributed by atoms with van der Waals surface area (Å²) < 4.78 is 0. The predicted octanol–water partition coefficient (Wildman–Crippen LogP) is 9.26. The van der Waals surface area contributed by atoms with Gasteiger partial charge in [-0.2, -0.15) is 0 Å². The molecule has 0 aromatic heterocycles. The number of anilines is 2. The number of aldehydes is 2. The lowest BCUT2D eigenvalue weighted by molar-refractivity contribution is 0.111. The number of carbonyl (C=O) groups is 2. The SMILES string of the molecule is CCN(CC)c1ccc2c(c1)Cc1c(ccc(O)c1C=O)C2c1ccccc1CO.CCN(CC)c1ccc2c(c1)Cc1cc(O)c(C=O)cc1C2c1ccccc1CO. The van der Waals surface area contributed by atoms with Crippen LogP contribution in [0.1, 0.15) is 127 Å². The standard InChI is InChI=1S/2C26H27NO3/c1-3-27(4-2)21-9-10-23-18(12-21)11-19-14-25(30)20(16-29)13-24(19)26(23)22-8-6-5-7-17(22)15-28;1-3-27(4-2)19-9-10-21-18(13-19)14-23-22(11-12-25(30)24(23)16-29)26(21)20-8-6-5-7-17(20)15-28/h5-10,12-14,16,26,28,30H,3-4,11,15H2,1-2H3;5-13,16,26,28,30H,3-4,14-15H2,1-2H3. The van der Waals surface area contributed by atoms with Gasteiger partial charge in [0.1, 0.15) is 11.5 Å². The third-order valence-electron chi connectivity index (χ3n) is 12.5. The molecule has 0 saturated carbocycles. The van der Waals surface area contributed by atoms with Crippen molar-refractivity contribution in [1.82, 2.24) is 0 Å². The summed E-state index contributed by atoms with van der Waals surface area (Å²) in [5, 5.41) is 40.6. The van der Waals surface area contributed by atoms with E-state index >= 15 is 0 Å². The summed E-state index contributed by atoms with van der Waals surface area (Å²) in [4.78, 5) is 28.0. The second kappa shape index (κ2) is 18.4. The van der Waals surface area contributed by atoms with E-state index < -0.39 is 0 Å². The molecule has 0 heterocycles. The molecule has 2 aliphatic carbocycles. The largest absolute Gasteiger partial charge is 0.507 e. The van der Waals surface area contributed by atoms with E-state index in [9.17, 15) is 30.0 Å². The van der Waals surface area contributed by atoms with Crippen molar-refractivity contribution in [3.8, 4) is 11.5 Å². The summed E-state index contributed by atoms with van der Waals surface area (Å²) in [5.41, 5.74) is 15.4. The average Bonchev–Trinajstić information content (AvgIpc) is 3.28. The number of nitrogens with zero attached hydrogens (tertiary/aromatic N) is 2. The second-order valence-electron chi connectivity index (χ2n) is 15.5. The summed E-state index contributed by atoms with van der Waals surface area (Å²) in [6.45, 7) is 12.2. The lowest BCUT2D eigenvalue weighted by atomic mass is 9.72. The van der Waals surface area contributed by atoms with Crippen molar-refractivity contribution in [2.24, 2.45) is 0 Å². The van der Waals surface area contributed by atoms with Gasteiger partial charge < -0.3 is 30.2 Å². The molecule has 2 unspecified atom stereocenters. The van der Waals surface area contributed by atoms with Crippen LogP contribution in [0.15, 0.2) is 109 Å². The fourth-order valence-corrected chi connectivity index (χ4v) is 9.40. The number of carbonyl (C=O) groups excluding carboxylic acids is 2. The minimum Gasteiger partial charge on any atom is -0.507 e. The third kappa shape index (κ3) is 7.81. The normalized spacial score (nSPS) is 14.7. The van der Waals surface area contributed by atoms with Crippen LogP contribution >= 0.6 is 0 Å². The van der Waals surface area contributed by atoms with E-state index in [-0.39, 0.29) is 36.5 Å². The molecular formula is C52H54N2O6. The molecule has 8 heteroatoms. The van der Waals surface area contributed by atoms with Gasteiger partial charge in [-0.3, -0.25) is 9.59 Å². The Morgan fingerprint density at radius 1 is 0.517 bits per heavy atom. The van der Waals surface area contributed by atoms with Crippen LogP contribution in [-0.4, -0.2) is 59.2 Å². The number of aliphatic hydroxyl groups is 2. The summed E-state index contributed by atoms with van der Waals surface area (Å²) in [6.07, 6.45) is 2.75. The lowest BCUT2D eigenvalue weighted by Crippen LogP contribution is -2.23. The quantitative estimate of drug-likeness (QED) is 0.0903. The predicted molar refractivity (Wildman–Crippen MR) is 239 cm³/mol. The van der Waals surface area contributed by atoms with Crippen LogP contribution in [-0.2, 0) is 26.1 Å². The fraction of sp³-hybridized carbons (Fsp3) is 0.269. The van der Waals surface area contributed by atoms with Crippen molar-refractivity contribution >= 4 is 23.9 Å². The van der Waals surface area contributed by atoms with Crippen molar-refractivity contribution in [3.63, 3.8) is 0 Å². The first-order chi connectivity index (χ1) is 29.2. The minimum atomic E-state index is -0.0999. The van der Waals surface area contributed by atoms with E-state index in [0.717, 1.165) is 88.2 Å². The Morgan fingerprint density at radius 3 is 1.50 bits per heavy atom. The monoisotopic (exact) mass is 802 g/mol. The zero-order chi connectivity index (χ0) is 42.5. The van der Waals surface area contributed by atoms with Gasteiger partial charge in [0, 0.05) is 49.4 Å². The summed E-state index contributed by atoms with van der Waals surface area (Å²) in [5.74, 6) is -0.170. The van der Waals surface area contributed by atoms with Crippen LogP contribution in [0.25, 0.3) is 0 Å². The molecule has 0 saturated heterocycles. The Balaban J connectivity index is 0.000000181. The van der Waals surface area contributed by atoms with Crippen LogP contribution in [0.4, 0.5) is 11.4 Å². The Morgan fingerprint density at radius 2 is 1.00 bits per heavy atom. The van der Waals surface area contributed by atoms with Gasteiger partial charge in [-0.05, 0) is 150 Å². The smallest absolute Gasteiger partial charge is 0.154 e.